The van der Waals surface area contributed by atoms with Crippen molar-refractivity contribution in [1.29, 1.82) is 0 Å². The number of benzene rings is 1. The van der Waals surface area contributed by atoms with Gasteiger partial charge in [-0.2, -0.15) is 0 Å². The molecule has 2 amide bonds. The van der Waals surface area contributed by atoms with Crippen LogP contribution in [0.15, 0.2) is 30.5 Å². The summed E-state index contributed by atoms with van der Waals surface area (Å²) in [6.07, 6.45) is 3.81. The van der Waals surface area contributed by atoms with E-state index in [1.54, 1.807) is 0 Å². The predicted molar refractivity (Wildman–Crippen MR) is 89.8 cm³/mol. The van der Waals surface area contributed by atoms with Crippen molar-refractivity contribution in [3.8, 4) is 0 Å². The van der Waals surface area contributed by atoms with Crippen molar-refractivity contribution in [2.24, 2.45) is 5.92 Å². The summed E-state index contributed by atoms with van der Waals surface area (Å²) in [6, 6.07) is 7.28. The average Bonchev–Trinajstić information content (AvgIpc) is 3.14. The zero-order valence-electron chi connectivity index (χ0n) is 12.9. The fourth-order valence-corrected chi connectivity index (χ4v) is 3.78. The number of urea groups is 1. The maximum Gasteiger partial charge on any atom is 0.319 e. The normalized spacial score (nSPS) is 19.1. The summed E-state index contributed by atoms with van der Waals surface area (Å²) in [4.78, 5) is 15.1. The molecule has 124 valence electrons. The molecule has 0 bridgehead atoms. The molecule has 2 heterocycles. The second-order valence-electron chi connectivity index (χ2n) is 5.86. The van der Waals surface area contributed by atoms with Crippen molar-refractivity contribution >= 4 is 32.6 Å². The van der Waals surface area contributed by atoms with E-state index in [1.165, 1.54) is 10.6 Å². The van der Waals surface area contributed by atoms with Gasteiger partial charge in [0.1, 0.15) is 0 Å². The molecule has 1 aliphatic heterocycles. The van der Waals surface area contributed by atoms with Crippen molar-refractivity contribution in [2.75, 3.05) is 31.2 Å². The van der Waals surface area contributed by atoms with Crippen LogP contribution in [-0.2, 0) is 10.0 Å². The molecular weight excluding hydrogens is 316 g/mol. The lowest BCUT2D eigenvalue weighted by Gasteiger charge is -2.14. The number of hydrogen-bond acceptors (Lipinski definition) is 3. The lowest BCUT2D eigenvalue weighted by atomic mass is 10.1. The van der Waals surface area contributed by atoms with E-state index >= 15 is 0 Å². The number of anilines is 1. The third kappa shape index (κ3) is 3.65. The van der Waals surface area contributed by atoms with Crippen LogP contribution in [0.5, 0.6) is 0 Å². The molecule has 1 atom stereocenters. The minimum absolute atomic E-state index is 0.151. The largest absolute Gasteiger partial charge is 0.361 e. The van der Waals surface area contributed by atoms with Crippen LogP contribution >= 0.6 is 0 Å². The number of nitrogens with one attached hydrogen (secondary N) is 3. The summed E-state index contributed by atoms with van der Waals surface area (Å²) < 4.78 is 24.4. The molecule has 0 spiro atoms. The van der Waals surface area contributed by atoms with Gasteiger partial charge in [0, 0.05) is 36.7 Å². The number of hydrogen-bond donors (Lipinski definition) is 3. The quantitative estimate of drug-likeness (QED) is 0.791. The molecule has 0 radical (unpaired) electrons. The van der Waals surface area contributed by atoms with Gasteiger partial charge in [-0.15, -0.1) is 0 Å². The summed E-state index contributed by atoms with van der Waals surface area (Å²) in [6.45, 7) is 1.45. The number of fused-ring (bicyclic) bond motifs is 1. The first-order valence-corrected chi connectivity index (χ1v) is 9.34. The third-order valence-electron chi connectivity index (χ3n) is 4.11. The Bertz CT molecular complexity index is 815. The molecule has 3 rings (SSSR count). The van der Waals surface area contributed by atoms with Crippen LogP contribution in [0.2, 0.25) is 0 Å². The Hall–Kier alpha value is -2.06. The monoisotopic (exact) mass is 336 g/mol. The second-order valence-corrected chi connectivity index (χ2v) is 7.84. The molecule has 1 aliphatic rings. The standard InChI is InChI=1S/C15H20N4O3S/c1-23(21,22)19-8-6-11(10-19)9-17-15(20)18-14-4-2-3-13-12(14)5-7-16-13/h2-5,7,11,16H,6,8-10H2,1H3,(H2,17,18,20). The minimum atomic E-state index is -3.14. The molecule has 7 nitrogen and oxygen atoms in total. The Kier molecular flexibility index (Phi) is 4.27. The van der Waals surface area contributed by atoms with E-state index in [4.69, 9.17) is 0 Å². The maximum absolute atomic E-state index is 12.0. The van der Waals surface area contributed by atoms with Crippen molar-refractivity contribution in [2.45, 2.75) is 6.42 Å². The molecule has 1 saturated heterocycles. The Balaban J connectivity index is 1.54. The van der Waals surface area contributed by atoms with Gasteiger partial charge in [-0.05, 0) is 30.5 Å². The Morgan fingerprint density at radius 3 is 2.96 bits per heavy atom. The maximum atomic E-state index is 12.0. The smallest absolute Gasteiger partial charge is 0.319 e. The average molecular weight is 336 g/mol. The summed E-state index contributed by atoms with van der Waals surface area (Å²) in [5.41, 5.74) is 1.70. The van der Waals surface area contributed by atoms with Crippen molar-refractivity contribution < 1.29 is 13.2 Å². The van der Waals surface area contributed by atoms with E-state index in [0.717, 1.165) is 23.0 Å². The van der Waals surface area contributed by atoms with E-state index in [2.05, 4.69) is 15.6 Å². The fourth-order valence-electron chi connectivity index (χ4n) is 2.86. The summed E-state index contributed by atoms with van der Waals surface area (Å²) in [5, 5.41) is 6.61. The fraction of sp³-hybridized carbons (Fsp3) is 0.400. The SMILES string of the molecule is CS(=O)(=O)N1CCC(CNC(=O)Nc2cccc3[nH]ccc23)C1. The van der Waals surface area contributed by atoms with Crippen LogP contribution < -0.4 is 10.6 Å². The van der Waals surface area contributed by atoms with E-state index in [0.29, 0.717) is 19.6 Å². The number of nitrogens with zero attached hydrogens (tertiary/aromatic N) is 1. The molecule has 23 heavy (non-hydrogen) atoms. The van der Waals surface area contributed by atoms with Gasteiger partial charge < -0.3 is 15.6 Å². The highest BCUT2D eigenvalue weighted by Gasteiger charge is 2.28. The first-order chi connectivity index (χ1) is 10.9. The molecule has 1 aromatic carbocycles. The molecule has 3 N–H and O–H groups in total. The summed E-state index contributed by atoms with van der Waals surface area (Å²) in [7, 11) is -3.14. The van der Waals surface area contributed by atoms with Gasteiger partial charge in [0.25, 0.3) is 0 Å². The minimum Gasteiger partial charge on any atom is -0.361 e. The van der Waals surface area contributed by atoms with E-state index in [1.807, 2.05) is 30.5 Å². The van der Waals surface area contributed by atoms with Crippen LogP contribution in [0.1, 0.15) is 6.42 Å². The van der Waals surface area contributed by atoms with Gasteiger partial charge in [-0.25, -0.2) is 17.5 Å². The highest BCUT2D eigenvalue weighted by Crippen LogP contribution is 2.22. The third-order valence-corrected chi connectivity index (χ3v) is 5.38. The molecule has 8 heteroatoms. The first-order valence-electron chi connectivity index (χ1n) is 7.49. The van der Waals surface area contributed by atoms with E-state index in [9.17, 15) is 13.2 Å². The molecular formula is C15H20N4O3S. The second kappa shape index (κ2) is 6.21. The Morgan fingerprint density at radius 2 is 2.22 bits per heavy atom. The van der Waals surface area contributed by atoms with Crippen molar-refractivity contribution in [3.05, 3.63) is 30.5 Å². The van der Waals surface area contributed by atoms with Crippen LogP contribution in [-0.4, -0.2) is 49.6 Å². The number of rotatable bonds is 4. The lowest BCUT2D eigenvalue weighted by molar-refractivity contribution is 0.250. The molecule has 2 aromatic rings. The highest BCUT2D eigenvalue weighted by atomic mass is 32.2. The lowest BCUT2D eigenvalue weighted by Crippen LogP contribution is -2.35. The van der Waals surface area contributed by atoms with Gasteiger partial charge in [0.2, 0.25) is 10.0 Å². The number of aromatic nitrogens is 1. The van der Waals surface area contributed by atoms with E-state index in [-0.39, 0.29) is 11.9 Å². The summed E-state index contributed by atoms with van der Waals surface area (Å²) in [5.74, 6) is 0.151. The summed E-state index contributed by atoms with van der Waals surface area (Å²) >= 11 is 0. The first kappa shape index (κ1) is 15.8. The van der Waals surface area contributed by atoms with Gasteiger partial charge in [0.05, 0.1) is 11.9 Å². The zero-order valence-corrected chi connectivity index (χ0v) is 13.7. The predicted octanol–water partition coefficient (Wildman–Crippen LogP) is 1.57. The van der Waals surface area contributed by atoms with Gasteiger partial charge >= 0.3 is 6.03 Å². The van der Waals surface area contributed by atoms with Crippen LogP contribution in [0.4, 0.5) is 10.5 Å². The van der Waals surface area contributed by atoms with Gasteiger partial charge in [-0.3, -0.25) is 0 Å². The van der Waals surface area contributed by atoms with Crippen LogP contribution in [0.25, 0.3) is 10.9 Å². The number of carbonyl (C=O) groups is 1. The molecule has 1 fully saturated rings. The number of carbonyl (C=O) groups excluding carboxylic acids is 1. The topological polar surface area (TPSA) is 94.3 Å². The van der Waals surface area contributed by atoms with Crippen LogP contribution in [0, 0.1) is 5.92 Å². The van der Waals surface area contributed by atoms with Gasteiger partial charge in [-0.1, -0.05) is 6.07 Å². The Labute approximate surface area is 135 Å². The highest BCUT2D eigenvalue weighted by molar-refractivity contribution is 7.88. The number of sulfonamides is 1. The molecule has 1 unspecified atom stereocenters. The zero-order chi connectivity index (χ0) is 16.4. The van der Waals surface area contributed by atoms with E-state index < -0.39 is 10.0 Å². The molecule has 0 aliphatic carbocycles. The number of aromatic amines is 1. The van der Waals surface area contributed by atoms with Gasteiger partial charge in [0.15, 0.2) is 0 Å². The van der Waals surface area contributed by atoms with Crippen molar-refractivity contribution in [1.82, 2.24) is 14.6 Å². The number of amides is 2. The molecule has 1 aromatic heterocycles. The number of H-pyrrole nitrogens is 1. The van der Waals surface area contributed by atoms with Crippen molar-refractivity contribution in [3.63, 3.8) is 0 Å². The Morgan fingerprint density at radius 1 is 1.39 bits per heavy atom. The molecule has 0 saturated carbocycles. The van der Waals surface area contributed by atoms with Crippen LogP contribution in [0.3, 0.4) is 0 Å².